The molecule has 0 aromatic carbocycles. The Labute approximate surface area is 515 Å². The third-order valence-corrected chi connectivity index (χ3v) is 15.9. The highest BCUT2D eigenvalue weighted by Gasteiger charge is 2.19. The lowest BCUT2D eigenvalue weighted by molar-refractivity contribution is -0.167. The minimum Gasteiger partial charge on any atom is -0.462 e. The normalized spacial score (nSPS) is 12.6. The molecule has 6 heteroatoms. The van der Waals surface area contributed by atoms with Gasteiger partial charge in [0.05, 0.1) is 0 Å². The van der Waals surface area contributed by atoms with Crippen LogP contribution in [0.5, 0.6) is 0 Å². The van der Waals surface area contributed by atoms with E-state index in [9.17, 15) is 14.4 Å². The molecule has 6 nitrogen and oxygen atoms in total. The van der Waals surface area contributed by atoms with Crippen LogP contribution in [0.3, 0.4) is 0 Å². The Morgan fingerprint density at radius 2 is 0.482 bits per heavy atom. The van der Waals surface area contributed by atoms with Gasteiger partial charge in [-0.05, 0) is 109 Å². The maximum absolute atomic E-state index is 12.9. The van der Waals surface area contributed by atoms with Gasteiger partial charge in [0.2, 0.25) is 0 Å². The number of esters is 3. The molecule has 1 unspecified atom stereocenters. The molecule has 83 heavy (non-hydrogen) atoms. The van der Waals surface area contributed by atoms with Gasteiger partial charge in [-0.15, -0.1) is 0 Å². The highest BCUT2D eigenvalue weighted by atomic mass is 16.6. The lowest BCUT2D eigenvalue weighted by atomic mass is 10.0. The van der Waals surface area contributed by atoms with E-state index in [4.69, 9.17) is 14.2 Å². The third kappa shape index (κ3) is 69.3. The van der Waals surface area contributed by atoms with Gasteiger partial charge in [-0.1, -0.05) is 324 Å². The Kier molecular flexibility index (Phi) is 68.2. The first kappa shape index (κ1) is 79.6. The Bertz CT molecular complexity index is 1570. The fraction of sp³-hybridized carbons (Fsp3) is 0.779. The number of carbonyl (C=O) groups excluding carboxylic acids is 3. The summed E-state index contributed by atoms with van der Waals surface area (Å²) in [4.78, 5) is 38.4. The predicted molar refractivity (Wildman–Crippen MR) is 362 cm³/mol. The number of carbonyl (C=O) groups is 3. The molecule has 0 saturated carbocycles. The van der Waals surface area contributed by atoms with Gasteiger partial charge >= 0.3 is 17.9 Å². The highest BCUT2D eigenvalue weighted by Crippen LogP contribution is 2.18. The van der Waals surface area contributed by atoms with Crippen LogP contribution in [0, 0.1) is 0 Å². The fourth-order valence-corrected chi connectivity index (χ4v) is 10.4. The molecule has 0 aliphatic rings. The van der Waals surface area contributed by atoms with E-state index in [1.807, 2.05) is 0 Å². The largest absolute Gasteiger partial charge is 0.462 e. The molecule has 0 saturated heterocycles. The van der Waals surface area contributed by atoms with E-state index in [2.05, 4.69) is 106 Å². The molecule has 480 valence electrons. The molecule has 0 amide bonds. The van der Waals surface area contributed by atoms with E-state index in [-0.39, 0.29) is 31.1 Å². The topological polar surface area (TPSA) is 78.9 Å². The van der Waals surface area contributed by atoms with Crippen molar-refractivity contribution in [1.82, 2.24) is 0 Å². The highest BCUT2D eigenvalue weighted by molar-refractivity contribution is 5.71. The average molecular weight is 1160 g/mol. The minimum atomic E-state index is -0.782. The van der Waals surface area contributed by atoms with Crippen molar-refractivity contribution in [2.45, 2.75) is 374 Å². The zero-order valence-corrected chi connectivity index (χ0v) is 55.2. The molecule has 0 aromatic rings. The number of hydrogen-bond acceptors (Lipinski definition) is 6. The van der Waals surface area contributed by atoms with E-state index in [1.54, 1.807) is 0 Å². The number of hydrogen-bond donors (Lipinski definition) is 0. The second-order valence-corrected chi connectivity index (χ2v) is 24.1. The smallest absolute Gasteiger partial charge is 0.306 e. The van der Waals surface area contributed by atoms with Crippen LogP contribution in [-0.4, -0.2) is 37.2 Å². The maximum atomic E-state index is 12.9. The maximum Gasteiger partial charge on any atom is 0.306 e. The molecular weight excluding hydrogens is 1020 g/mol. The number of unbranched alkanes of at least 4 members (excludes halogenated alkanes) is 41. The van der Waals surface area contributed by atoms with Crippen LogP contribution in [0.2, 0.25) is 0 Å². The summed E-state index contributed by atoms with van der Waals surface area (Å²) in [7, 11) is 0. The lowest BCUT2D eigenvalue weighted by Crippen LogP contribution is -2.30. The Balaban J connectivity index is 4.16. The van der Waals surface area contributed by atoms with Crippen LogP contribution in [-0.2, 0) is 28.6 Å². The monoisotopic (exact) mass is 1160 g/mol. The molecule has 0 radical (unpaired) electrons. The van der Waals surface area contributed by atoms with E-state index in [0.717, 1.165) is 96.3 Å². The number of allylic oxidation sites excluding steroid dienone is 14. The van der Waals surface area contributed by atoms with Gasteiger partial charge in [-0.3, -0.25) is 14.4 Å². The van der Waals surface area contributed by atoms with E-state index in [0.29, 0.717) is 19.3 Å². The van der Waals surface area contributed by atoms with Crippen molar-refractivity contribution in [3.05, 3.63) is 85.1 Å². The molecule has 1 atom stereocenters. The third-order valence-electron chi connectivity index (χ3n) is 15.9. The summed E-state index contributed by atoms with van der Waals surface area (Å²) < 4.78 is 17.0. The van der Waals surface area contributed by atoms with Crippen LogP contribution in [0.4, 0.5) is 0 Å². The summed E-state index contributed by atoms with van der Waals surface area (Å²) in [6, 6.07) is 0. The second kappa shape index (κ2) is 71.1. The first-order valence-corrected chi connectivity index (χ1v) is 36.1. The number of rotatable bonds is 66. The average Bonchev–Trinajstić information content (AvgIpc) is 3.48. The van der Waals surface area contributed by atoms with Gasteiger partial charge < -0.3 is 14.2 Å². The summed E-state index contributed by atoms with van der Waals surface area (Å²) in [5.41, 5.74) is 0. The Morgan fingerprint density at radius 1 is 0.253 bits per heavy atom. The van der Waals surface area contributed by atoms with Crippen LogP contribution in [0.1, 0.15) is 367 Å². The molecule has 0 aliphatic heterocycles. The van der Waals surface area contributed by atoms with Gasteiger partial charge in [0.1, 0.15) is 13.2 Å². The molecule has 0 heterocycles. The quantitative estimate of drug-likeness (QED) is 0.0261. The zero-order chi connectivity index (χ0) is 59.9. The van der Waals surface area contributed by atoms with Crippen molar-refractivity contribution in [1.29, 1.82) is 0 Å². The van der Waals surface area contributed by atoms with Crippen molar-refractivity contribution in [3.63, 3.8) is 0 Å². The molecule has 0 N–H and O–H groups in total. The van der Waals surface area contributed by atoms with Crippen molar-refractivity contribution < 1.29 is 28.6 Å². The van der Waals surface area contributed by atoms with Gasteiger partial charge in [0, 0.05) is 19.3 Å². The van der Waals surface area contributed by atoms with Crippen LogP contribution in [0.25, 0.3) is 0 Å². The van der Waals surface area contributed by atoms with Gasteiger partial charge in [-0.25, -0.2) is 0 Å². The van der Waals surface area contributed by atoms with E-state index < -0.39 is 6.10 Å². The van der Waals surface area contributed by atoms with E-state index in [1.165, 1.54) is 231 Å². The van der Waals surface area contributed by atoms with Crippen molar-refractivity contribution in [2.24, 2.45) is 0 Å². The lowest BCUT2D eigenvalue weighted by Gasteiger charge is -2.18. The standard InChI is InChI=1S/C77H136O6/c1-4-7-10-13-16-19-22-24-26-28-30-32-34-35-36-37-38-39-40-41-43-44-46-48-50-52-55-58-61-64-67-70-76(79)82-73-74(72-81-75(78)69-66-63-60-57-54-21-18-15-12-9-6-3)83-77(80)71-68-65-62-59-56-53-51-49-47-45-42-33-31-29-27-25-23-20-17-14-11-8-5-2/h8,11,15,17-18,20,22,24-25,27-28,30-31,33,74H,4-7,9-10,12-14,16,19,21,23,26,29,32,34-73H2,1-3H3/b11-8-,18-15-,20-17-,24-22-,27-25-,30-28-,33-31-. The zero-order valence-electron chi connectivity index (χ0n) is 55.2. The first-order chi connectivity index (χ1) is 41.0. The molecule has 0 aromatic heterocycles. The van der Waals surface area contributed by atoms with Gasteiger partial charge in [0.25, 0.3) is 0 Å². The van der Waals surface area contributed by atoms with Crippen LogP contribution < -0.4 is 0 Å². The summed E-state index contributed by atoms with van der Waals surface area (Å²) in [6.07, 6.45) is 94.9. The molecule has 0 fully saturated rings. The molecule has 0 bridgehead atoms. The molecular formula is C77H136O6. The molecule has 0 spiro atoms. The SMILES string of the molecule is CC/C=C\C/C=C\C/C=C\C/C=C\CCCCCCCCCCCCC(=O)OC(COC(=O)CCCCCCC/C=C\CCCC)COC(=O)CCCCCCCCCCCCCCCCCCCCC/C=C\C/C=C\CCCCCCC. The van der Waals surface area contributed by atoms with Gasteiger partial charge in [-0.2, -0.15) is 0 Å². The molecule has 0 rings (SSSR count). The summed E-state index contributed by atoms with van der Waals surface area (Å²) in [6.45, 7) is 6.51. The predicted octanol–water partition coefficient (Wildman–Crippen LogP) is 25.0. The van der Waals surface area contributed by atoms with Crippen molar-refractivity contribution >= 4 is 17.9 Å². The van der Waals surface area contributed by atoms with Crippen molar-refractivity contribution in [2.75, 3.05) is 13.2 Å². The Morgan fingerprint density at radius 3 is 0.783 bits per heavy atom. The van der Waals surface area contributed by atoms with Crippen molar-refractivity contribution in [3.8, 4) is 0 Å². The van der Waals surface area contributed by atoms with E-state index >= 15 is 0 Å². The second-order valence-electron chi connectivity index (χ2n) is 24.1. The van der Waals surface area contributed by atoms with Crippen LogP contribution in [0.15, 0.2) is 85.1 Å². The first-order valence-electron chi connectivity index (χ1n) is 36.1. The number of ether oxygens (including phenoxy) is 3. The van der Waals surface area contributed by atoms with Gasteiger partial charge in [0.15, 0.2) is 6.10 Å². The summed E-state index contributed by atoms with van der Waals surface area (Å²) in [5.74, 6) is -0.874. The fourth-order valence-electron chi connectivity index (χ4n) is 10.4. The minimum absolute atomic E-state index is 0.0774. The Hall–Kier alpha value is -3.41. The summed E-state index contributed by atoms with van der Waals surface area (Å²) >= 11 is 0. The molecule has 0 aliphatic carbocycles. The van der Waals surface area contributed by atoms with Crippen LogP contribution >= 0.6 is 0 Å². The summed E-state index contributed by atoms with van der Waals surface area (Å²) in [5, 5.41) is 0.